The Morgan fingerprint density at radius 2 is 2.03 bits per heavy atom. The molecule has 2 N–H and O–H groups in total. The molecule has 1 saturated carbocycles. The highest BCUT2D eigenvalue weighted by molar-refractivity contribution is 7.89. The van der Waals surface area contributed by atoms with E-state index in [1.807, 2.05) is 6.92 Å². The number of aliphatic hydroxyl groups is 2. The second-order valence-electron chi connectivity index (χ2n) is 8.84. The van der Waals surface area contributed by atoms with E-state index >= 15 is 0 Å². The maximum absolute atomic E-state index is 13.4. The number of carbonyl (C=O) groups is 1. The Kier molecular flexibility index (Phi) is 7.50. The molecule has 1 aromatic rings. The van der Waals surface area contributed by atoms with Crippen molar-refractivity contribution in [1.29, 1.82) is 0 Å². The SMILES string of the molecule is C[C@H](O)C#Cc1ccc2c(c1)O[C@@H](CN(C)C(=O)C1CC1)[C@@H](C)CN([C@@H](C)CO)S2(=O)=O. The summed E-state index contributed by atoms with van der Waals surface area (Å²) >= 11 is 0. The number of benzene rings is 1. The Balaban J connectivity index is 2.03. The van der Waals surface area contributed by atoms with Crippen LogP contribution in [0.3, 0.4) is 0 Å². The summed E-state index contributed by atoms with van der Waals surface area (Å²) in [5.41, 5.74) is 0.510. The lowest BCUT2D eigenvalue weighted by Gasteiger charge is -2.37. The first-order valence-corrected chi connectivity index (χ1v) is 12.4. The molecule has 0 spiro atoms. The molecule has 1 heterocycles. The summed E-state index contributed by atoms with van der Waals surface area (Å²) in [6, 6.07) is 3.95. The van der Waals surface area contributed by atoms with E-state index in [0.717, 1.165) is 12.8 Å². The number of ether oxygens (including phenoxy) is 1. The smallest absolute Gasteiger partial charge is 0.247 e. The monoisotopic (exact) mass is 464 g/mol. The molecule has 1 amide bonds. The second kappa shape index (κ2) is 9.79. The summed E-state index contributed by atoms with van der Waals surface area (Å²) in [6.45, 7) is 5.25. The molecule has 0 radical (unpaired) electrons. The average molecular weight is 465 g/mol. The standard InChI is InChI=1S/C23H32N2O6S/c1-15-12-25(16(2)14-26)32(29,30)22-10-7-18(6-5-17(3)27)11-20(22)31-21(15)13-24(4)23(28)19-8-9-19/h7,10-11,15-17,19,21,26-27H,8-9,12-14H2,1-4H3/t15-,16-,17-,21-/m0/s1. The summed E-state index contributed by atoms with van der Waals surface area (Å²) in [5.74, 6) is 5.52. The van der Waals surface area contributed by atoms with Gasteiger partial charge in [-0.05, 0) is 44.9 Å². The van der Waals surface area contributed by atoms with Gasteiger partial charge in [-0.15, -0.1) is 0 Å². The molecular weight excluding hydrogens is 432 g/mol. The van der Waals surface area contributed by atoms with Crippen molar-refractivity contribution in [1.82, 2.24) is 9.21 Å². The van der Waals surface area contributed by atoms with E-state index in [4.69, 9.17) is 4.74 Å². The van der Waals surface area contributed by atoms with Crippen LogP contribution in [0.25, 0.3) is 0 Å². The number of amides is 1. The minimum absolute atomic E-state index is 0.00605. The summed E-state index contributed by atoms with van der Waals surface area (Å²) < 4.78 is 34.4. The normalized spacial score (nSPS) is 24.6. The van der Waals surface area contributed by atoms with Gasteiger partial charge in [-0.2, -0.15) is 4.31 Å². The van der Waals surface area contributed by atoms with Gasteiger partial charge in [0.05, 0.1) is 13.2 Å². The first kappa shape index (κ1) is 24.5. The van der Waals surface area contributed by atoms with Crippen LogP contribution >= 0.6 is 0 Å². The molecule has 1 fully saturated rings. The third-order valence-electron chi connectivity index (χ3n) is 5.85. The lowest BCUT2D eigenvalue weighted by Crippen LogP contribution is -2.50. The molecule has 9 heteroatoms. The number of hydrogen-bond donors (Lipinski definition) is 2. The predicted molar refractivity (Wildman–Crippen MR) is 119 cm³/mol. The van der Waals surface area contributed by atoms with E-state index in [0.29, 0.717) is 12.1 Å². The van der Waals surface area contributed by atoms with Crippen LogP contribution in [0.4, 0.5) is 0 Å². The lowest BCUT2D eigenvalue weighted by atomic mass is 10.0. The highest BCUT2D eigenvalue weighted by Gasteiger charge is 2.39. The van der Waals surface area contributed by atoms with Gasteiger partial charge in [-0.1, -0.05) is 18.8 Å². The topological polar surface area (TPSA) is 107 Å². The van der Waals surface area contributed by atoms with Crippen molar-refractivity contribution in [2.75, 3.05) is 26.7 Å². The molecule has 1 aliphatic heterocycles. The Morgan fingerprint density at radius 3 is 2.62 bits per heavy atom. The van der Waals surface area contributed by atoms with E-state index in [-0.39, 0.29) is 41.5 Å². The average Bonchev–Trinajstić information content (AvgIpc) is 3.58. The van der Waals surface area contributed by atoms with Crippen LogP contribution in [0.2, 0.25) is 0 Å². The molecule has 0 saturated heterocycles. The third kappa shape index (κ3) is 5.44. The molecule has 0 bridgehead atoms. The van der Waals surface area contributed by atoms with Gasteiger partial charge >= 0.3 is 0 Å². The highest BCUT2D eigenvalue weighted by atomic mass is 32.2. The largest absolute Gasteiger partial charge is 0.487 e. The highest BCUT2D eigenvalue weighted by Crippen LogP contribution is 2.35. The minimum atomic E-state index is -3.94. The summed E-state index contributed by atoms with van der Waals surface area (Å²) in [6.07, 6.45) is 0.527. The number of aliphatic hydroxyl groups excluding tert-OH is 2. The van der Waals surface area contributed by atoms with Crippen LogP contribution in [-0.4, -0.2) is 78.7 Å². The summed E-state index contributed by atoms with van der Waals surface area (Å²) in [4.78, 5) is 14.2. The van der Waals surface area contributed by atoms with Crippen LogP contribution in [0.15, 0.2) is 23.1 Å². The van der Waals surface area contributed by atoms with Crippen LogP contribution < -0.4 is 4.74 Å². The maximum atomic E-state index is 13.4. The van der Waals surface area contributed by atoms with E-state index < -0.39 is 28.3 Å². The molecular formula is C23H32N2O6S. The quantitative estimate of drug-likeness (QED) is 0.631. The van der Waals surface area contributed by atoms with Gasteiger partial charge in [0, 0.05) is 37.0 Å². The van der Waals surface area contributed by atoms with Gasteiger partial charge in [0.2, 0.25) is 15.9 Å². The number of nitrogens with zero attached hydrogens (tertiary/aromatic N) is 2. The van der Waals surface area contributed by atoms with E-state index in [2.05, 4.69) is 11.8 Å². The number of carbonyl (C=O) groups excluding carboxylic acids is 1. The maximum Gasteiger partial charge on any atom is 0.247 e. The van der Waals surface area contributed by atoms with Crippen LogP contribution in [-0.2, 0) is 14.8 Å². The fourth-order valence-electron chi connectivity index (χ4n) is 3.71. The number of likely N-dealkylation sites (N-methyl/N-ethyl adjacent to an activating group) is 1. The van der Waals surface area contributed by atoms with Crippen molar-refractivity contribution in [3.05, 3.63) is 23.8 Å². The van der Waals surface area contributed by atoms with Crippen molar-refractivity contribution in [3.63, 3.8) is 0 Å². The zero-order valence-electron chi connectivity index (χ0n) is 19.0. The van der Waals surface area contributed by atoms with Gasteiger partial charge in [0.1, 0.15) is 22.9 Å². The van der Waals surface area contributed by atoms with Crippen molar-refractivity contribution in [2.24, 2.45) is 11.8 Å². The lowest BCUT2D eigenvalue weighted by molar-refractivity contribution is -0.132. The van der Waals surface area contributed by atoms with Crippen molar-refractivity contribution >= 4 is 15.9 Å². The molecule has 0 aromatic heterocycles. The molecule has 0 unspecified atom stereocenters. The molecule has 4 atom stereocenters. The van der Waals surface area contributed by atoms with Gasteiger partial charge in [-0.3, -0.25) is 4.79 Å². The number of rotatable bonds is 5. The predicted octanol–water partition coefficient (Wildman–Crippen LogP) is 1.06. The van der Waals surface area contributed by atoms with E-state index in [1.54, 1.807) is 37.9 Å². The molecule has 176 valence electrons. The Hall–Kier alpha value is -2.12. The number of hydrogen-bond acceptors (Lipinski definition) is 6. The van der Waals surface area contributed by atoms with Crippen molar-refractivity contribution < 1.29 is 28.2 Å². The fraction of sp³-hybridized carbons (Fsp3) is 0.609. The van der Waals surface area contributed by atoms with Crippen LogP contribution in [0, 0.1) is 23.7 Å². The van der Waals surface area contributed by atoms with Crippen molar-refractivity contribution in [3.8, 4) is 17.6 Å². The minimum Gasteiger partial charge on any atom is -0.487 e. The van der Waals surface area contributed by atoms with Crippen molar-refractivity contribution in [2.45, 2.75) is 56.8 Å². The molecule has 32 heavy (non-hydrogen) atoms. The number of fused-ring (bicyclic) bond motifs is 1. The molecule has 3 rings (SSSR count). The van der Waals surface area contributed by atoms with Crippen LogP contribution in [0.1, 0.15) is 39.2 Å². The Labute approximate surface area is 190 Å². The van der Waals surface area contributed by atoms with E-state index in [1.165, 1.54) is 10.4 Å². The Bertz CT molecular complexity index is 1010. The zero-order valence-corrected chi connectivity index (χ0v) is 19.8. The first-order valence-electron chi connectivity index (χ1n) is 10.9. The first-order chi connectivity index (χ1) is 15.0. The second-order valence-corrected chi connectivity index (χ2v) is 10.7. The zero-order chi connectivity index (χ0) is 23.6. The molecule has 2 aliphatic rings. The van der Waals surface area contributed by atoms with Gasteiger partial charge in [-0.25, -0.2) is 8.42 Å². The van der Waals surface area contributed by atoms with Gasteiger partial charge < -0.3 is 19.8 Å². The molecule has 1 aliphatic carbocycles. The summed E-state index contributed by atoms with van der Waals surface area (Å²) in [7, 11) is -2.19. The molecule has 8 nitrogen and oxygen atoms in total. The van der Waals surface area contributed by atoms with Crippen LogP contribution in [0.5, 0.6) is 5.75 Å². The fourth-order valence-corrected chi connectivity index (χ4v) is 5.54. The third-order valence-corrected chi connectivity index (χ3v) is 7.87. The summed E-state index contributed by atoms with van der Waals surface area (Å²) in [5, 5.41) is 19.2. The Morgan fingerprint density at radius 1 is 1.34 bits per heavy atom. The molecule has 1 aromatic carbocycles. The van der Waals surface area contributed by atoms with E-state index in [9.17, 15) is 23.4 Å². The van der Waals surface area contributed by atoms with Gasteiger partial charge in [0.15, 0.2) is 0 Å². The van der Waals surface area contributed by atoms with Gasteiger partial charge in [0.25, 0.3) is 0 Å². The number of sulfonamides is 1.